The monoisotopic (exact) mass is 447 g/mol. The maximum atomic E-state index is 13.9. The average Bonchev–Trinajstić information content (AvgIpc) is 3.11. The van der Waals surface area contributed by atoms with Gasteiger partial charge in [0.15, 0.2) is 11.4 Å². The second-order valence-corrected chi connectivity index (χ2v) is 8.72. The van der Waals surface area contributed by atoms with Crippen molar-refractivity contribution in [1.82, 2.24) is 14.8 Å². The summed E-state index contributed by atoms with van der Waals surface area (Å²) in [6.45, 7) is 0.387. The van der Waals surface area contributed by atoms with Crippen LogP contribution in [0.15, 0.2) is 23.1 Å². The predicted molar refractivity (Wildman–Crippen MR) is 106 cm³/mol. The van der Waals surface area contributed by atoms with Gasteiger partial charge >= 0.3 is 0 Å². The highest BCUT2D eigenvalue weighted by Crippen LogP contribution is 2.45. The standard InChI is InChI=1S/C22H20F3N3O4/c23-12-4-15(24)13(16(25)5-12)6-26-21(31)14-8-28-17-9-27(7-10-1-2-11(17)3-10)22(32)18(28)20(30)19(14)29/h4-5,8,10-11,17,30H,1-3,6-7,9H2,(H,26,31)/t10-,11+,17+/m1/s1. The van der Waals surface area contributed by atoms with Gasteiger partial charge in [0, 0.05) is 43.5 Å². The van der Waals surface area contributed by atoms with Crippen molar-refractivity contribution in [3.63, 3.8) is 0 Å². The Hall–Kier alpha value is -3.30. The van der Waals surface area contributed by atoms with E-state index in [0.717, 1.165) is 19.3 Å². The van der Waals surface area contributed by atoms with E-state index in [1.165, 1.54) is 10.8 Å². The fourth-order valence-corrected chi connectivity index (χ4v) is 5.28. The summed E-state index contributed by atoms with van der Waals surface area (Å²) in [7, 11) is 0. The molecule has 2 amide bonds. The van der Waals surface area contributed by atoms with E-state index in [1.807, 2.05) is 0 Å². The van der Waals surface area contributed by atoms with Gasteiger partial charge in [0.2, 0.25) is 5.43 Å². The number of nitrogens with one attached hydrogen (secondary N) is 1. The number of pyridine rings is 1. The Morgan fingerprint density at radius 1 is 1.12 bits per heavy atom. The lowest BCUT2D eigenvalue weighted by molar-refractivity contribution is 0.0623. The molecule has 2 aliphatic heterocycles. The van der Waals surface area contributed by atoms with Crippen LogP contribution in [0.4, 0.5) is 13.2 Å². The minimum atomic E-state index is -1.17. The maximum Gasteiger partial charge on any atom is 0.274 e. The summed E-state index contributed by atoms with van der Waals surface area (Å²) < 4.78 is 42.3. The first-order chi connectivity index (χ1) is 15.2. The first-order valence-corrected chi connectivity index (χ1v) is 10.4. The highest BCUT2D eigenvalue weighted by molar-refractivity contribution is 5.99. The first-order valence-electron chi connectivity index (χ1n) is 10.4. The molecule has 2 fully saturated rings. The number of aromatic nitrogens is 1. The molecule has 0 spiro atoms. The van der Waals surface area contributed by atoms with E-state index in [1.54, 1.807) is 4.90 Å². The van der Waals surface area contributed by atoms with Crippen molar-refractivity contribution in [2.75, 3.05) is 13.1 Å². The van der Waals surface area contributed by atoms with Crippen LogP contribution in [-0.4, -0.2) is 39.5 Å². The quantitative estimate of drug-likeness (QED) is 0.756. The number of halogens is 3. The molecule has 4 bridgehead atoms. The van der Waals surface area contributed by atoms with E-state index in [0.29, 0.717) is 31.1 Å². The van der Waals surface area contributed by atoms with Gasteiger partial charge in [0.05, 0.1) is 6.04 Å². The zero-order valence-corrected chi connectivity index (χ0v) is 16.9. The lowest BCUT2D eigenvalue weighted by Crippen LogP contribution is -2.47. The molecule has 2 N–H and O–H groups in total. The number of aromatic hydroxyl groups is 1. The number of amides is 2. The van der Waals surface area contributed by atoms with Gasteiger partial charge in [-0.2, -0.15) is 0 Å². The second kappa shape index (κ2) is 7.39. The third-order valence-corrected chi connectivity index (χ3v) is 6.85. The van der Waals surface area contributed by atoms with Crippen LogP contribution >= 0.6 is 0 Å². The molecule has 5 rings (SSSR count). The molecule has 1 saturated carbocycles. The summed E-state index contributed by atoms with van der Waals surface area (Å²) in [6.07, 6.45) is 4.12. The molecular weight excluding hydrogens is 427 g/mol. The van der Waals surface area contributed by atoms with Crippen LogP contribution in [0.2, 0.25) is 0 Å². The van der Waals surface area contributed by atoms with E-state index >= 15 is 0 Å². The Morgan fingerprint density at radius 2 is 1.84 bits per heavy atom. The molecule has 1 aromatic carbocycles. The molecule has 1 aliphatic carbocycles. The highest BCUT2D eigenvalue weighted by atomic mass is 19.1. The molecule has 10 heteroatoms. The van der Waals surface area contributed by atoms with Gasteiger partial charge in [-0.05, 0) is 31.1 Å². The van der Waals surface area contributed by atoms with Gasteiger partial charge in [-0.25, -0.2) is 13.2 Å². The van der Waals surface area contributed by atoms with Crippen LogP contribution in [0.25, 0.3) is 0 Å². The van der Waals surface area contributed by atoms with Crippen molar-refractivity contribution in [3.8, 4) is 5.75 Å². The van der Waals surface area contributed by atoms with Crippen LogP contribution in [0, 0.1) is 29.3 Å². The molecule has 32 heavy (non-hydrogen) atoms. The SMILES string of the molecule is O=C(NCc1c(F)cc(F)cc1F)c1cn2c(c(O)c1=O)C(=O)N1C[C@@H]3CC[C@@H](C3)[C@@H]2C1. The number of carbonyl (C=O) groups excluding carboxylic acids is 2. The number of carbonyl (C=O) groups is 2. The predicted octanol–water partition coefficient (Wildman–Crippen LogP) is 2.33. The molecule has 0 radical (unpaired) electrons. The average molecular weight is 447 g/mol. The van der Waals surface area contributed by atoms with Crippen molar-refractivity contribution < 1.29 is 27.9 Å². The third kappa shape index (κ3) is 3.16. The van der Waals surface area contributed by atoms with Crippen molar-refractivity contribution in [2.45, 2.75) is 31.8 Å². The van der Waals surface area contributed by atoms with Gasteiger partial charge in [0.1, 0.15) is 23.0 Å². The van der Waals surface area contributed by atoms with E-state index in [4.69, 9.17) is 0 Å². The highest BCUT2D eigenvalue weighted by Gasteiger charge is 2.44. The summed E-state index contributed by atoms with van der Waals surface area (Å²) in [5.74, 6) is -5.04. The van der Waals surface area contributed by atoms with Crippen LogP contribution in [0.1, 0.15) is 51.7 Å². The zero-order chi connectivity index (χ0) is 22.7. The van der Waals surface area contributed by atoms with Crippen LogP contribution < -0.4 is 10.7 Å². The molecule has 168 valence electrons. The lowest BCUT2D eigenvalue weighted by atomic mass is 9.95. The molecule has 7 nitrogen and oxygen atoms in total. The summed E-state index contributed by atoms with van der Waals surface area (Å²) in [5.41, 5.74) is -2.17. The van der Waals surface area contributed by atoms with Gasteiger partial charge in [-0.3, -0.25) is 14.4 Å². The Kier molecular flexibility index (Phi) is 4.75. The summed E-state index contributed by atoms with van der Waals surface area (Å²) >= 11 is 0. The normalized spacial score (nSPS) is 23.7. The minimum Gasteiger partial charge on any atom is -0.503 e. The fraction of sp³-hybridized carbons (Fsp3) is 0.409. The molecule has 1 saturated heterocycles. The number of fused-ring (bicyclic) bond motifs is 7. The van der Waals surface area contributed by atoms with Crippen LogP contribution in [0.5, 0.6) is 5.75 Å². The van der Waals surface area contributed by atoms with Crippen molar-refractivity contribution in [1.29, 1.82) is 0 Å². The Balaban J connectivity index is 1.49. The number of hydrogen-bond donors (Lipinski definition) is 2. The first kappa shape index (κ1) is 20.6. The van der Waals surface area contributed by atoms with E-state index in [9.17, 15) is 32.7 Å². The van der Waals surface area contributed by atoms with E-state index in [2.05, 4.69) is 5.32 Å². The Labute approximate surface area is 180 Å². The van der Waals surface area contributed by atoms with Gasteiger partial charge in [0.25, 0.3) is 11.8 Å². The molecule has 3 heterocycles. The molecule has 0 unspecified atom stereocenters. The van der Waals surface area contributed by atoms with Crippen molar-refractivity contribution >= 4 is 11.8 Å². The number of nitrogens with zero attached hydrogens (tertiary/aromatic N) is 2. The van der Waals surface area contributed by atoms with Crippen molar-refractivity contribution in [2.24, 2.45) is 11.8 Å². The molecular formula is C22H20F3N3O4. The topological polar surface area (TPSA) is 91.6 Å². The number of rotatable bonds is 3. The second-order valence-electron chi connectivity index (χ2n) is 8.72. The lowest BCUT2D eigenvalue weighted by Gasteiger charge is -2.38. The van der Waals surface area contributed by atoms with Gasteiger partial charge in [-0.15, -0.1) is 0 Å². The minimum absolute atomic E-state index is 0.133. The zero-order valence-electron chi connectivity index (χ0n) is 16.9. The summed E-state index contributed by atoms with van der Waals surface area (Å²) in [5, 5.41) is 12.8. The number of benzene rings is 1. The number of hydrogen-bond acceptors (Lipinski definition) is 4. The smallest absolute Gasteiger partial charge is 0.274 e. The van der Waals surface area contributed by atoms with Gasteiger partial charge < -0.3 is 19.9 Å². The van der Waals surface area contributed by atoms with E-state index in [-0.39, 0.29) is 17.7 Å². The molecule has 2 aromatic rings. The summed E-state index contributed by atoms with van der Waals surface area (Å²) in [4.78, 5) is 40.0. The summed E-state index contributed by atoms with van der Waals surface area (Å²) in [6, 6.07) is 0.797. The fourth-order valence-electron chi connectivity index (χ4n) is 5.28. The third-order valence-electron chi connectivity index (χ3n) is 6.85. The largest absolute Gasteiger partial charge is 0.503 e. The molecule has 1 aromatic heterocycles. The maximum absolute atomic E-state index is 13.9. The van der Waals surface area contributed by atoms with Gasteiger partial charge in [-0.1, -0.05) is 0 Å². The van der Waals surface area contributed by atoms with Crippen molar-refractivity contribution in [3.05, 3.63) is 62.8 Å². The Morgan fingerprint density at radius 3 is 2.56 bits per heavy atom. The van der Waals surface area contributed by atoms with Crippen LogP contribution in [-0.2, 0) is 6.54 Å². The molecule has 3 atom stereocenters. The van der Waals surface area contributed by atoms with Crippen LogP contribution in [0.3, 0.4) is 0 Å². The van der Waals surface area contributed by atoms with E-state index < -0.39 is 58.1 Å². The molecule has 3 aliphatic rings. The Bertz CT molecular complexity index is 1190.